The van der Waals surface area contributed by atoms with Crippen molar-refractivity contribution in [1.29, 1.82) is 0 Å². The van der Waals surface area contributed by atoms with Crippen LogP contribution < -0.4 is 0 Å². The van der Waals surface area contributed by atoms with Crippen molar-refractivity contribution in [2.45, 2.75) is 26.3 Å². The summed E-state index contributed by atoms with van der Waals surface area (Å²) in [7, 11) is 0. The topological polar surface area (TPSA) is 57.6 Å². The zero-order chi connectivity index (χ0) is 14.7. The fourth-order valence-corrected chi connectivity index (χ4v) is 2.97. The van der Waals surface area contributed by atoms with Crippen LogP contribution in [0.15, 0.2) is 29.7 Å². The van der Waals surface area contributed by atoms with Crippen molar-refractivity contribution in [3.63, 3.8) is 0 Å². The van der Waals surface area contributed by atoms with Crippen LogP contribution in [0.2, 0.25) is 0 Å². The van der Waals surface area contributed by atoms with E-state index >= 15 is 0 Å². The second-order valence-electron chi connectivity index (χ2n) is 4.71. The fraction of sp³-hybridized carbons (Fsp3) is 0.333. The Bertz CT molecular complexity index is 551. The van der Waals surface area contributed by atoms with Gasteiger partial charge in [0.2, 0.25) is 5.91 Å². The first-order valence-corrected chi connectivity index (χ1v) is 7.53. The van der Waals surface area contributed by atoms with Crippen LogP contribution in [0.4, 0.5) is 0 Å². The standard InChI is InChI=1S/C15H17NO3S/c1-3-12(15(18)19)16-13(8-20-9-14(16)17)11-6-4-10(2)5-7-11/h4-8,12H,3,9H2,1-2H3,(H,18,19). The third-order valence-corrected chi connectivity index (χ3v) is 4.06. The lowest BCUT2D eigenvalue weighted by Gasteiger charge is -2.33. The molecule has 0 aliphatic carbocycles. The van der Waals surface area contributed by atoms with Crippen LogP contribution in [0.25, 0.3) is 5.70 Å². The number of carboxylic acid groups (broad SMARTS) is 1. The fourth-order valence-electron chi connectivity index (χ4n) is 2.19. The van der Waals surface area contributed by atoms with E-state index in [9.17, 15) is 14.7 Å². The summed E-state index contributed by atoms with van der Waals surface area (Å²) >= 11 is 1.41. The smallest absolute Gasteiger partial charge is 0.326 e. The number of thioether (sulfide) groups is 1. The highest BCUT2D eigenvalue weighted by molar-refractivity contribution is 8.03. The van der Waals surface area contributed by atoms with Gasteiger partial charge in [-0.3, -0.25) is 9.69 Å². The monoisotopic (exact) mass is 291 g/mol. The van der Waals surface area contributed by atoms with Crippen LogP contribution in [0.3, 0.4) is 0 Å². The third-order valence-electron chi connectivity index (χ3n) is 3.26. The Kier molecular flexibility index (Phi) is 4.49. The second kappa shape index (κ2) is 6.13. The summed E-state index contributed by atoms with van der Waals surface area (Å²) < 4.78 is 0. The quantitative estimate of drug-likeness (QED) is 0.926. The zero-order valence-corrected chi connectivity index (χ0v) is 12.3. The highest BCUT2D eigenvalue weighted by atomic mass is 32.2. The minimum absolute atomic E-state index is 0.151. The van der Waals surface area contributed by atoms with Gasteiger partial charge in [-0.1, -0.05) is 36.8 Å². The Morgan fingerprint density at radius 2 is 2.05 bits per heavy atom. The normalized spacial score (nSPS) is 16.8. The van der Waals surface area contributed by atoms with Gasteiger partial charge in [0.15, 0.2) is 0 Å². The van der Waals surface area contributed by atoms with E-state index in [0.717, 1.165) is 11.1 Å². The number of benzene rings is 1. The lowest BCUT2D eigenvalue weighted by atomic mass is 10.1. The SMILES string of the molecule is CCC(C(=O)O)N1C(=O)CSC=C1c1ccc(C)cc1. The lowest BCUT2D eigenvalue weighted by molar-refractivity contribution is -0.146. The molecule has 0 saturated heterocycles. The molecule has 1 aromatic rings. The Morgan fingerprint density at radius 1 is 1.40 bits per heavy atom. The maximum Gasteiger partial charge on any atom is 0.326 e. The van der Waals surface area contributed by atoms with Gasteiger partial charge >= 0.3 is 5.97 Å². The summed E-state index contributed by atoms with van der Waals surface area (Å²) in [5.74, 6) is -0.827. The molecular weight excluding hydrogens is 274 g/mol. The van der Waals surface area contributed by atoms with Gasteiger partial charge in [0.1, 0.15) is 6.04 Å². The zero-order valence-electron chi connectivity index (χ0n) is 11.5. The number of hydrogen-bond acceptors (Lipinski definition) is 3. The molecule has 20 heavy (non-hydrogen) atoms. The van der Waals surface area contributed by atoms with Crippen LogP contribution >= 0.6 is 11.8 Å². The van der Waals surface area contributed by atoms with Gasteiger partial charge in [-0.2, -0.15) is 0 Å². The van der Waals surface area contributed by atoms with Crippen molar-refractivity contribution in [2.24, 2.45) is 0 Å². The van der Waals surface area contributed by atoms with Gasteiger partial charge in [-0.25, -0.2) is 4.79 Å². The number of nitrogens with zero attached hydrogens (tertiary/aromatic N) is 1. The van der Waals surface area contributed by atoms with Crippen molar-refractivity contribution in [1.82, 2.24) is 4.90 Å². The van der Waals surface area contributed by atoms with Crippen LogP contribution in [-0.2, 0) is 9.59 Å². The van der Waals surface area contributed by atoms with Crippen LogP contribution in [0.5, 0.6) is 0 Å². The molecule has 5 heteroatoms. The number of aliphatic carboxylic acids is 1. The van der Waals surface area contributed by atoms with Crippen molar-refractivity contribution in [3.05, 3.63) is 40.8 Å². The molecule has 1 heterocycles. The molecule has 1 aliphatic heterocycles. The number of aryl methyl sites for hydroxylation is 1. The highest BCUT2D eigenvalue weighted by Gasteiger charge is 2.33. The van der Waals surface area contributed by atoms with E-state index in [1.165, 1.54) is 16.7 Å². The highest BCUT2D eigenvalue weighted by Crippen LogP contribution is 2.31. The molecule has 1 aromatic carbocycles. The molecule has 4 nitrogen and oxygen atoms in total. The molecule has 0 bridgehead atoms. The molecule has 1 N–H and O–H groups in total. The number of amides is 1. The molecule has 1 aliphatic rings. The van der Waals surface area contributed by atoms with E-state index in [0.29, 0.717) is 17.9 Å². The maximum absolute atomic E-state index is 12.2. The number of carbonyl (C=O) groups is 2. The van der Waals surface area contributed by atoms with Crippen molar-refractivity contribution < 1.29 is 14.7 Å². The van der Waals surface area contributed by atoms with Crippen molar-refractivity contribution >= 4 is 29.3 Å². The second-order valence-corrected chi connectivity index (χ2v) is 5.56. The Labute approximate surface area is 122 Å². The predicted molar refractivity (Wildman–Crippen MR) is 80.2 cm³/mol. The van der Waals surface area contributed by atoms with E-state index in [4.69, 9.17) is 0 Å². The average molecular weight is 291 g/mol. The third kappa shape index (κ3) is 2.88. The summed E-state index contributed by atoms with van der Waals surface area (Å²) in [6.45, 7) is 3.77. The minimum atomic E-state index is -0.967. The minimum Gasteiger partial charge on any atom is -0.480 e. The average Bonchev–Trinajstić information content (AvgIpc) is 2.42. The lowest BCUT2D eigenvalue weighted by Crippen LogP contribution is -2.45. The van der Waals surface area contributed by atoms with E-state index < -0.39 is 12.0 Å². The summed E-state index contributed by atoms with van der Waals surface area (Å²) in [6.07, 6.45) is 0.384. The van der Waals surface area contributed by atoms with Gasteiger partial charge in [0.25, 0.3) is 0 Å². The Morgan fingerprint density at radius 3 is 2.60 bits per heavy atom. The van der Waals surface area contributed by atoms with Gasteiger partial charge in [0, 0.05) is 0 Å². The van der Waals surface area contributed by atoms with Crippen LogP contribution in [0, 0.1) is 6.92 Å². The Balaban J connectivity index is 2.42. The van der Waals surface area contributed by atoms with E-state index in [2.05, 4.69) is 0 Å². The van der Waals surface area contributed by atoms with E-state index in [-0.39, 0.29) is 5.91 Å². The van der Waals surface area contributed by atoms with Crippen molar-refractivity contribution in [2.75, 3.05) is 5.75 Å². The molecule has 0 aromatic heterocycles. The first-order chi connectivity index (χ1) is 9.54. The molecule has 0 radical (unpaired) electrons. The first kappa shape index (κ1) is 14.7. The molecule has 1 atom stereocenters. The summed E-state index contributed by atoms with van der Waals surface area (Å²) in [5, 5.41) is 11.2. The number of carboxylic acids is 1. The Hall–Kier alpha value is -1.75. The summed E-state index contributed by atoms with van der Waals surface area (Å²) in [6, 6.07) is 6.94. The number of rotatable bonds is 4. The maximum atomic E-state index is 12.2. The number of carbonyl (C=O) groups excluding carboxylic acids is 1. The molecule has 0 saturated carbocycles. The van der Waals surface area contributed by atoms with Crippen molar-refractivity contribution in [3.8, 4) is 0 Å². The van der Waals surface area contributed by atoms with Gasteiger partial charge in [-0.15, -0.1) is 11.8 Å². The molecule has 106 valence electrons. The predicted octanol–water partition coefficient (Wildman–Crippen LogP) is 2.73. The van der Waals surface area contributed by atoms with Gasteiger partial charge in [-0.05, 0) is 24.3 Å². The molecule has 1 amide bonds. The number of hydrogen-bond donors (Lipinski definition) is 1. The summed E-state index contributed by atoms with van der Waals surface area (Å²) in [4.78, 5) is 24.9. The van der Waals surface area contributed by atoms with E-state index in [1.54, 1.807) is 6.92 Å². The molecule has 0 spiro atoms. The molecular formula is C15H17NO3S. The molecule has 1 unspecified atom stereocenters. The summed E-state index contributed by atoms with van der Waals surface area (Å²) in [5.41, 5.74) is 2.68. The van der Waals surface area contributed by atoms with Gasteiger partial charge in [0.05, 0.1) is 11.4 Å². The van der Waals surface area contributed by atoms with Crippen LogP contribution in [0.1, 0.15) is 24.5 Å². The molecule has 2 rings (SSSR count). The van der Waals surface area contributed by atoms with E-state index in [1.807, 2.05) is 36.6 Å². The molecule has 0 fully saturated rings. The largest absolute Gasteiger partial charge is 0.480 e. The van der Waals surface area contributed by atoms with Crippen LogP contribution in [-0.4, -0.2) is 33.7 Å². The first-order valence-electron chi connectivity index (χ1n) is 6.48. The van der Waals surface area contributed by atoms with Gasteiger partial charge < -0.3 is 5.11 Å².